The monoisotopic (exact) mass is 632 g/mol. The van der Waals surface area contributed by atoms with Crippen molar-refractivity contribution in [2.24, 2.45) is 5.10 Å². The van der Waals surface area contributed by atoms with Crippen molar-refractivity contribution in [1.29, 1.82) is 0 Å². The molecular weight excluding hydrogens is 611 g/mol. The van der Waals surface area contributed by atoms with E-state index >= 15 is 0 Å². The SMILES string of the molecule is COc1cc(C=Nn2c(C(C)(C)C)nc3ccc(Br)cc3c2=O)cc([N+](=O)[O-])c1OCc1ccc(Cl)cc1Cl. The van der Waals surface area contributed by atoms with Gasteiger partial charge in [0, 0.05) is 37.1 Å². The minimum Gasteiger partial charge on any atom is -0.493 e. The lowest BCUT2D eigenvalue weighted by Gasteiger charge is -2.20. The fourth-order valence-electron chi connectivity index (χ4n) is 3.77. The topological polar surface area (TPSA) is 109 Å². The lowest BCUT2D eigenvalue weighted by molar-refractivity contribution is -0.386. The van der Waals surface area contributed by atoms with E-state index in [1.54, 1.807) is 30.3 Å². The number of ether oxygens (including phenoxy) is 2. The van der Waals surface area contributed by atoms with Crippen molar-refractivity contribution >= 4 is 61.9 Å². The third-order valence-electron chi connectivity index (χ3n) is 5.66. The maximum atomic E-state index is 13.4. The number of hydrogen-bond donors (Lipinski definition) is 0. The Morgan fingerprint density at radius 3 is 2.54 bits per heavy atom. The molecule has 4 rings (SSSR count). The van der Waals surface area contributed by atoms with E-state index in [0.717, 1.165) is 4.47 Å². The highest BCUT2D eigenvalue weighted by Gasteiger charge is 2.25. The van der Waals surface area contributed by atoms with Crippen LogP contribution in [0.2, 0.25) is 10.0 Å². The molecule has 0 radical (unpaired) electrons. The van der Waals surface area contributed by atoms with Crippen LogP contribution in [0.4, 0.5) is 5.69 Å². The minimum atomic E-state index is -0.583. The average molecular weight is 634 g/mol. The highest BCUT2D eigenvalue weighted by atomic mass is 79.9. The fourth-order valence-corrected chi connectivity index (χ4v) is 4.59. The van der Waals surface area contributed by atoms with Crippen molar-refractivity contribution in [2.75, 3.05) is 7.11 Å². The number of aromatic nitrogens is 2. The van der Waals surface area contributed by atoms with Gasteiger partial charge in [0.15, 0.2) is 5.75 Å². The van der Waals surface area contributed by atoms with Gasteiger partial charge in [0.25, 0.3) is 5.56 Å². The Balaban J connectivity index is 1.78. The molecule has 3 aromatic carbocycles. The Hall–Kier alpha value is -3.47. The molecule has 0 N–H and O–H groups in total. The van der Waals surface area contributed by atoms with Crippen LogP contribution < -0.4 is 15.0 Å². The van der Waals surface area contributed by atoms with Crippen molar-refractivity contribution in [2.45, 2.75) is 32.8 Å². The number of halogens is 3. The van der Waals surface area contributed by atoms with Crippen molar-refractivity contribution in [3.05, 3.63) is 100 Å². The van der Waals surface area contributed by atoms with Gasteiger partial charge in [0.1, 0.15) is 12.4 Å². The van der Waals surface area contributed by atoms with Crippen LogP contribution in [-0.2, 0) is 12.0 Å². The summed E-state index contributed by atoms with van der Waals surface area (Å²) < 4.78 is 13.1. The summed E-state index contributed by atoms with van der Waals surface area (Å²) in [6.45, 7) is 5.69. The predicted octanol–water partition coefficient (Wildman–Crippen LogP) is 7.14. The van der Waals surface area contributed by atoms with Crippen LogP contribution >= 0.6 is 39.1 Å². The molecule has 0 fully saturated rings. The van der Waals surface area contributed by atoms with Gasteiger partial charge in [-0.15, -0.1) is 0 Å². The summed E-state index contributed by atoms with van der Waals surface area (Å²) in [5.41, 5.74) is 0.207. The van der Waals surface area contributed by atoms with Crippen molar-refractivity contribution in [3.8, 4) is 11.5 Å². The smallest absolute Gasteiger partial charge is 0.315 e. The molecule has 0 saturated carbocycles. The Kier molecular flexibility index (Phi) is 8.29. The first-order chi connectivity index (χ1) is 18.4. The quantitative estimate of drug-likeness (QED) is 0.122. The molecule has 9 nitrogen and oxygen atoms in total. The van der Waals surface area contributed by atoms with E-state index in [4.69, 9.17) is 32.7 Å². The Labute approximate surface area is 242 Å². The molecule has 4 aromatic rings. The lowest BCUT2D eigenvalue weighted by atomic mass is 9.95. The maximum Gasteiger partial charge on any atom is 0.315 e. The molecule has 0 amide bonds. The summed E-state index contributed by atoms with van der Waals surface area (Å²) in [5.74, 6) is 0.468. The third-order valence-corrected chi connectivity index (χ3v) is 6.74. The number of rotatable bonds is 7. The zero-order valence-corrected chi connectivity index (χ0v) is 24.5. The maximum absolute atomic E-state index is 13.4. The first kappa shape index (κ1) is 28.5. The van der Waals surface area contributed by atoms with Crippen LogP contribution in [0.1, 0.15) is 37.7 Å². The number of benzene rings is 3. The summed E-state index contributed by atoms with van der Waals surface area (Å²) in [4.78, 5) is 29.5. The number of nitro groups is 1. The molecule has 1 heterocycles. The molecule has 0 spiro atoms. The summed E-state index contributed by atoms with van der Waals surface area (Å²) >= 11 is 15.5. The van der Waals surface area contributed by atoms with Crippen LogP contribution in [0.25, 0.3) is 10.9 Å². The zero-order chi connectivity index (χ0) is 28.5. The molecule has 0 saturated heterocycles. The molecule has 202 valence electrons. The van der Waals surface area contributed by atoms with Gasteiger partial charge >= 0.3 is 5.69 Å². The summed E-state index contributed by atoms with van der Waals surface area (Å²) in [7, 11) is 1.37. The summed E-state index contributed by atoms with van der Waals surface area (Å²) in [5, 5.41) is 17.6. The Bertz CT molecular complexity index is 1680. The average Bonchev–Trinajstić information content (AvgIpc) is 2.87. The molecular formula is C27H23BrCl2N4O5. The molecule has 12 heteroatoms. The van der Waals surface area contributed by atoms with E-state index < -0.39 is 10.3 Å². The molecule has 0 atom stereocenters. The predicted molar refractivity (Wildman–Crippen MR) is 156 cm³/mol. The third kappa shape index (κ3) is 6.24. The van der Waals surface area contributed by atoms with E-state index in [1.807, 2.05) is 26.8 Å². The highest BCUT2D eigenvalue weighted by molar-refractivity contribution is 9.10. The first-order valence-electron chi connectivity index (χ1n) is 11.6. The van der Waals surface area contributed by atoms with Gasteiger partial charge in [-0.05, 0) is 36.4 Å². The molecule has 0 bridgehead atoms. The second-order valence-corrected chi connectivity index (χ2v) is 11.3. The van der Waals surface area contributed by atoms with Gasteiger partial charge in [0.2, 0.25) is 5.75 Å². The molecule has 0 unspecified atom stereocenters. The van der Waals surface area contributed by atoms with Crippen LogP contribution in [-0.4, -0.2) is 27.9 Å². The fraction of sp³-hybridized carbons (Fsp3) is 0.222. The molecule has 0 aliphatic heterocycles. The van der Waals surface area contributed by atoms with E-state index in [9.17, 15) is 14.9 Å². The summed E-state index contributed by atoms with van der Waals surface area (Å²) in [6.07, 6.45) is 1.34. The molecule has 1 aromatic heterocycles. The lowest BCUT2D eigenvalue weighted by Crippen LogP contribution is -2.29. The van der Waals surface area contributed by atoms with Gasteiger partial charge in [-0.3, -0.25) is 14.9 Å². The number of fused-ring (bicyclic) bond motifs is 1. The molecule has 39 heavy (non-hydrogen) atoms. The van der Waals surface area contributed by atoms with E-state index in [0.29, 0.717) is 37.9 Å². The normalized spacial score (nSPS) is 11.8. The van der Waals surface area contributed by atoms with Gasteiger partial charge < -0.3 is 9.47 Å². The van der Waals surface area contributed by atoms with Crippen LogP contribution in [0.3, 0.4) is 0 Å². The van der Waals surface area contributed by atoms with Gasteiger partial charge in [-0.1, -0.05) is 66.0 Å². The largest absolute Gasteiger partial charge is 0.493 e. The first-order valence-corrected chi connectivity index (χ1v) is 13.1. The van der Waals surface area contributed by atoms with Crippen molar-refractivity contribution in [1.82, 2.24) is 9.66 Å². The van der Waals surface area contributed by atoms with E-state index in [2.05, 4.69) is 26.0 Å². The van der Waals surface area contributed by atoms with E-state index in [1.165, 1.54) is 30.1 Å². The Morgan fingerprint density at radius 1 is 1.15 bits per heavy atom. The molecule has 0 aliphatic carbocycles. The molecule has 0 aliphatic rings. The second-order valence-electron chi connectivity index (χ2n) is 9.56. The number of methoxy groups -OCH3 is 1. The van der Waals surface area contributed by atoms with Gasteiger partial charge in [-0.25, -0.2) is 4.98 Å². The standard InChI is InChI=1S/C27H23BrCl2N4O5/c1-27(2,3)26-32-21-8-6-17(28)11-19(21)25(35)33(26)31-13-15-9-22(34(36)37)24(23(10-15)38-4)39-14-16-5-7-18(29)12-20(16)30/h5-13H,14H2,1-4H3. The van der Waals surface area contributed by atoms with E-state index in [-0.39, 0.29) is 29.4 Å². The van der Waals surface area contributed by atoms with Crippen molar-refractivity contribution < 1.29 is 14.4 Å². The highest BCUT2D eigenvalue weighted by Crippen LogP contribution is 2.39. The Morgan fingerprint density at radius 2 is 1.90 bits per heavy atom. The van der Waals surface area contributed by atoms with Crippen LogP contribution in [0, 0.1) is 10.1 Å². The van der Waals surface area contributed by atoms with Crippen molar-refractivity contribution in [3.63, 3.8) is 0 Å². The van der Waals surface area contributed by atoms with Crippen LogP contribution in [0.5, 0.6) is 11.5 Å². The minimum absolute atomic E-state index is 0.0523. The number of hydrogen-bond acceptors (Lipinski definition) is 7. The second kappa shape index (κ2) is 11.3. The van der Waals surface area contributed by atoms with Gasteiger partial charge in [0.05, 0.1) is 29.2 Å². The number of nitro benzene ring substituents is 1. The zero-order valence-electron chi connectivity index (χ0n) is 21.4. The number of nitrogens with zero attached hydrogens (tertiary/aromatic N) is 4. The van der Waals surface area contributed by atoms with Crippen LogP contribution in [0.15, 0.2) is 62.9 Å². The summed E-state index contributed by atoms with van der Waals surface area (Å²) in [6, 6.07) is 12.9. The van der Waals surface area contributed by atoms with Gasteiger partial charge in [-0.2, -0.15) is 9.78 Å².